The predicted molar refractivity (Wildman–Crippen MR) is 106 cm³/mol. The lowest BCUT2D eigenvalue weighted by Crippen LogP contribution is -2.24. The normalized spacial score (nSPS) is 10.8. The Kier molecular flexibility index (Phi) is 6.17. The highest BCUT2D eigenvalue weighted by Crippen LogP contribution is 2.15. The summed E-state index contributed by atoms with van der Waals surface area (Å²) in [6.45, 7) is 5.15. The molecule has 0 saturated heterocycles. The minimum absolute atomic E-state index is 0.0245. The van der Waals surface area contributed by atoms with Crippen LogP contribution in [0.25, 0.3) is 5.65 Å². The molecular weight excluding hydrogens is 346 g/mol. The maximum Gasteiger partial charge on any atom is 0.230 e. The van der Waals surface area contributed by atoms with Crippen molar-refractivity contribution < 1.29 is 9.53 Å². The Morgan fingerprint density at radius 2 is 2.15 bits per heavy atom. The number of pyridine rings is 1. The molecule has 0 aliphatic rings. The Bertz CT molecular complexity index is 892. The number of imidazole rings is 1. The Balaban J connectivity index is 1.44. The Labute approximate surface area is 157 Å². The number of amides is 1. The van der Waals surface area contributed by atoms with Crippen molar-refractivity contribution in [3.8, 4) is 5.75 Å². The number of benzene rings is 1. The largest absolute Gasteiger partial charge is 0.494 e. The SMILES string of the molecule is CCOc1cccc(CNC(=O)CSCc2cn3cc(C)ccc3n2)c1. The molecular formula is C20H23N3O2S. The van der Waals surface area contributed by atoms with Crippen molar-refractivity contribution in [3.63, 3.8) is 0 Å². The fourth-order valence-electron chi connectivity index (χ4n) is 2.64. The molecule has 2 heterocycles. The van der Waals surface area contributed by atoms with Crippen LogP contribution in [0, 0.1) is 6.92 Å². The highest BCUT2D eigenvalue weighted by Gasteiger charge is 2.06. The number of aryl methyl sites for hydroxylation is 1. The van der Waals surface area contributed by atoms with E-state index in [-0.39, 0.29) is 5.91 Å². The molecule has 26 heavy (non-hydrogen) atoms. The van der Waals surface area contributed by atoms with Crippen LogP contribution in [0.5, 0.6) is 5.75 Å². The van der Waals surface area contributed by atoms with Gasteiger partial charge < -0.3 is 14.5 Å². The monoisotopic (exact) mass is 369 g/mol. The second kappa shape index (κ2) is 8.76. The van der Waals surface area contributed by atoms with E-state index in [0.29, 0.717) is 24.7 Å². The van der Waals surface area contributed by atoms with Gasteiger partial charge in [0.1, 0.15) is 11.4 Å². The van der Waals surface area contributed by atoms with Crippen molar-refractivity contribution in [1.29, 1.82) is 0 Å². The predicted octanol–water partition coefficient (Wildman–Crippen LogP) is 3.59. The number of carbonyl (C=O) groups is 1. The standard InChI is InChI=1S/C20H23N3O2S/c1-3-25-18-6-4-5-16(9-18)10-21-20(24)14-26-13-17-12-23-11-15(2)7-8-19(23)22-17/h4-9,11-12H,3,10,13-14H2,1-2H3,(H,21,24). The summed E-state index contributed by atoms with van der Waals surface area (Å²) >= 11 is 1.57. The maximum absolute atomic E-state index is 12.0. The average molecular weight is 369 g/mol. The third-order valence-corrected chi connectivity index (χ3v) is 4.80. The van der Waals surface area contributed by atoms with Gasteiger partial charge >= 0.3 is 0 Å². The summed E-state index contributed by atoms with van der Waals surface area (Å²) in [5.41, 5.74) is 4.15. The molecule has 5 nitrogen and oxygen atoms in total. The zero-order valence-electron chi connectivity index (χ0n) is 15.1. The van der Waals surface area contributed by atoms with E-state index in [1.54, 1.807) is 11.8 Å². The molecule has 136 valence electrons. The topological polar surface area (TPSA) is 55.6 Å². The van der Waals surface area contributed by atoms with Gasteiger partial charge in [-0.15, -0.1) is 11.8 Å². The van der Waals surface area contributed by atoms with Crippen LogP contribution in [0.3, 0.4) is 0 Å². The van der Waals surface area contributed by atoms with Gasteiger partial charge in [-0.3, -0.25) is 4.79 Å². The fraction of sp³-hybridized carbons (Fsp3) is 0.300. The Hall–Kier alpha value is -2.47. The van der Waals surface area contributed by atoms with Gasteiger partial charge in [0.15, 0.2) is 0 Å². The number of aromatic nitrogens is 2. The zero-order valence-corrected chi connectivity index (χ0v) is 15.9. The van der Waals surface area contributed by atoms with Crippen LogP contribution in [0.2, 0.25) is 0 Å². The van der Waals surface area contributed by atoms with Gasteiger partial charge in [0.25, 0.3) is 0 Å². The number of nitrogens with one attached hydrogen (secondary N) is 1. The molecule has 2 aromatic heterocycles. The quantitative estimate of drug-likeness (QED) is 0.659. The molecule has 3 aromatic rings. The van der Waals surface area contributed by atoms with Crippen LogP contribution < -0.4 is 10.1 Å². The van der Waals surface area contributed by atoms with Crippen LogP contribution in [-0.2, 0) is 17.1 Å². The van der Waals surface area contributed by atoms with Gasteiger partial charge in [0.2, 0.25) is 5.91 Å². The van der Waals surface area contributed by atoms with Crippen molar-refractivity contribution >= 4 is 23.3 Å². The number of ether oxygens (including phenoxy) is 1. The summed E-state index contributed by atoms with van der Waals surface area (Å²) in [6.07, 6.45) is 4.08. The summed E-state index contributed by atoms with van der Waals surface area (Å²) in [7, 11) is 0. The fourth-order valence-corrected chi connectivity index (χ4v) is 3.37. The van der Waals surface area contributed by atoms with Crippen LogP contribution >= 0.6 is 11.8 Å². The number of thioether (sulfide) groups is 1. The third kappa shape index (κ3) is 5.02. The maximum atomic E-state index is 12.0. The minimum atomic E-state index is 0.0245. The summed E-state index contributed by atoms with van der Waals surface area (Å²) < 4.78 is 7.50. The molecule has 0 fully saturated rings. The molecule has 1 N–H and O–H groups in total. The van der Waals surface area contributed by atoms with Crippen molar-refractivity contribution in [2.24, 2.45) is 0 Å². The lowest BCUT2D eigenvalue weighted by molar-refractivity contribution is -0.118. The molecule has 0 atom stereocenters. The molecule has 0 bridgehead atoms. The molecule has 0 unspecified atom stereocenters. The van der Waals surface area contributed by atoms with Crippen LogP contribution in [0.4, 0.5) is 0 Å². The number of hydrogen-bond acceptors (Lipinski definition) is 4. The van der Waals surface area contributed by atoms with Crippen LogP contribution in [0.15, 0.2) is 48.8 Å². The van der Waals surface area contributed by atoms with E-state index in [1.807, 2.05) is 53.9 Å². The summed E-state index contributed by atoms with van der Waals surface area (Å²) in [4.78, 5) is 16.6. The smallest absolute Gasteiger partial charge is 0.230 e. The van der Waals surface area contributed by atoms with Crippen molar-refractivity contribution in [3.05, 3.63) is 65.6 Å². The molecule has 0 spiro atoms. The second-order valence-corrected chi connectivity index (χ2v) is 7.04. The van der Waals surface area contributed by atoms with Gasteiger partial charge in [-0.1, -0.05) is 18.2 Å². The van der Waals surface area contributed by atoms with Gasteiger partial charge in [0.05, 0.1) is 18.1 Å². The van der Waals surface area contributed by atoms with E-state index in [0.717, 1.165) is 22.7 Å². The molecule has 3 rings (SSSR count). The molecule has 0 aliphatic carbocycles. The number of nitrogens with zero attached hydrogens (tertiary/aromatic N) is 2. The summed E-state index contributed by atoms with van der Waals surface area (Å²) in [5, 5.41) is 2.95. The number of carbonyl (C=O) groups excluding carboxylic acids is 1. The Morgan fingerprint density at radius 3 is 3.00 bits per heavy atom. The highest BCUT2D eigenvalue weighted by atomic mass is 32.2. The average Bonchev–Trinajstić information content (AvgIpc) is 3.02. The molecule has 1 amide bonds. The van der Waals surface area contributed by atoms with Crippen LogP contribution in [0.1, 0.15) is 23.7 Å². The molecule has 6 heteroatoms. The van der Waals surface area contributed by atoms with E-state index >= 15 is 0 Å². The van der Waals surface area contributed by atoms with Gasteiger partial charge in [-0.25, -0.2) is 4.98 Å². The Morgan fingerprint density at radius 1 is 1.27 bits per heavy atom. The highest BCUT2D eigenvalue weighted by molar-refractivity contribution is 7.99. The van der Waals surface area contributed by atoms with E-state index in [1.165, 1.54) is 5.56 Å². The lowest BCUT2D eigenvalue weighted by Gasteiger charge is -2.07. The lowest BCUT2D eigenvalue weighted by atomic mass is 10.2. The van der Waals surface area contributed by atoms with E-state index in [2.05, 4.69) is 23.4 Å². The van der Waals surface area contributed by atoms with Crippen molar-refractivity contribution in [2.75, 3.05) is 12.4 Å². The first kappa shape index (κ1) is 18.3. The van der Waals surface area contributed by atoms with E-state index in [9.17, 15) is 4.79 Å². The molecule has 0 saturated carbocycles. The van der Waals surface area contributed by atoms with E-state index in [4.69, 9.17) is 4.74 Å². The summed E-state index contributed by atoms with van der Waals surface area (Å²) in [6, 6.07) is 11.8. The molecule has 0 aliphatic heterocycles. The first-order valence-corrected chi connectivity index (χ1v) is 9.80. The number of hydrogen-bond donors (Lipinski definition) is 1. The van der Waals surface area contributed by atoms with Gasteiger partial charge in [0, 0.05) is 24.7 Å². The first-order chi connectivity index (χ1) is 12.6. The summed E-state index contributed by atoms with van der Waals surface area (Å²) in [5.74, 6) is 1.98. The second-order valence-electron chi connectivity index (χ2n) is 6.05. The third-order valence-electron chi connectivity index (χ3n) is 3.83. The number of fused-ring (bicyclic) bond motifs is 1. The molecule has 0 radical (unpaired) electrons. The molecule has 1 aromatic carbocycles. The number of rotatable bonds is 8. The van der Waals surface area contributed by atoms with Crippen molar-refractivity contribution in [1.82, 2.24) is 14.7 Å². The van der Waals surface area contributed by atoms with Gasteiger partial charge in [-0.2, -0.15) is 0 Å². The van der Waals surface area contributed by atoms with Crippen molar-refractivity contribution in [2.45, 2.75) is 26.1 Å². The first-order valence-electron chi connectivity index (χ1n) is 8.64. The minimum Gasteiger partial charge on any atom is -0.494 e. The van der Waals surface area contributed by atoms with Crippen LogP contribution in [-0.4, -0.2) is 27.7 Å². The van der Waals surface area contributed by atoms with Gasteiger partial charge in [-0.05, 0) is 43.2 Å². The zero-order chi connectivity index (χ0) is 18.4. The van der Waals surface area contributed by atoms with E-state index < -0.39 is 0 Å².